The van der Waals surface area contributed by atoms with E-state index in [2.05, 4.69) is 20.5 Å². The van der Waals surface area contributed by atoms with Gasteiger partial charge in [-0.25, -0.2) is 4.98 Å². The van der Waals surface area contributed by atoms with E-state index in [1.54, 1.807) is 12.3 Å². The Bertz CT molecular complexity index is 1010. The molecule has 1 aromatic carbocycles. The highest BCUT2D eigenvalue weighted by atomic mass is 35.5. The van der Waals surface area contributed by atoms with Gasteiger partial charge in [0.05, 0.1) is 11.6 Å². The first kappa shape index (κ1) is 19.7. The fourth-order valence-corrected chi connectivity index (χ4v) is 3.77. The van der Waals surface area contributed by atoms with E-state index in [9.17, 15) is 4.79 Å². The third kappa shape index (κ3) is 4.71. The molecule has 2 aromatic heterocycles. The van der Waals surface area contributed by atoms with E-state index in [-0.39, 0.29) is 5.91 Å². The van der Waals surface area contributed by atoms with Crippen molar-refractivity contribution in [2.45, 2.75) is 26.2 Å². The number of likely N-dealkylation sites (tertiary alicyclic amines) is 1. The maximum absolute atomic E-state index is 12.7. The summed E-state index contributed by atoms with van der Waals surface area (Å²) in [5.74, 6) is 0.364. The van der Waals surface area contributed by atoms with Crippen LogP contribution in [-0.2, 0) is 0 Å². The number of aromatic nitrogens is 1. The smallest absolute Gasteiger partial charge is 0.270 e. The number of nitrogens with one attached hydrogen (secondary N) is 2. The highest BCUT2D eigenvalue weighted by molar-refractivity contribution is 6.31. The van der Waals surface area contributed by atoms with E-state index in [1.165, 1.54) is 19.3 Å². The number of hydrogen-bond acceptors (Lipinski definition) is 5. The standard InChI is InChI=1S/C22H25ClN4O2/c1-15-5-6-16(13-18(15)23)25-21-17-7-12-29-20(17)14-19(26-21)22(28)24-8-11-27-9-3-2-4-10-27/h5-7,12-14H,2-4,8-11H2,1H3,(H,24,28)(H,25,26). The Hall–Kier alpha value is -2.57. The number of halogens is 1. The highest BCUT2D eigenvalue weighted by Crippen LogP contribution is 2.28. The summed E-state index contributed by atoms with van der Waals surface area (Å²) in [6, 6.07) is 9.22. The first-order valence-corrected chi connectivity index (χ1v) is 10.4. The Kier molecular flexibility index (Phi) is 6.02. The molecule has 1 saturated heterocycles. The van der Waals surface area contributed by atoms with Crippen molar-refractivity contribution in [2.75, 3.05) is 31.5 Å². The topological polar surface area (TPSA) is 70.4 Å². The van der Waals surface area contributed by atoms with Crippen molar-refractivity contribution in [3.8, 4) is 0 Å². The summed E-state index contributed by atoms with van der Waals surface area (Å²) in [6.45, 7) is 5.64. The minimum absolute atomic E-state index is 0.203. The molecule has 7 heteroatoms. The van der Waals surface area contributed by atoms with E-state index in [4.69, 9.17) is 16.0 Å². The molecule has 1 aliphatic rings. The number of pyridine rings is 1. The van der Waals surface area contributed by atoms with Crippen molar-refractivity contribution in [2.24, 2.45) is 0 Å². The molecular weight excluding hydrogens is 388 g/mol. The molecule has 1 aliphatic heterocycles. The number of amides is 1. The predicted molar refractivity (Wildman–Crippen MR) is 116 cm³/mol. The van der Waals surface area contributed by atoms with Crippen molar-refractivity contribution >= 4 is 40.0 Å². The summed E-state index contributed by atoms with van der Waals surface area (Å²) < 4.78 is 5.54. The lowest BCUT2D eigenvalue weighted by Gasteiger charge is -2.26. The van der Waals surface area contributed by atoms with Crippen LogP contribution in [0.2, 0.25) is 5.02 Å². The zero-order valence-electron chi connectivity index (χ0n) is 16.5. The molecule has 0 bridgehead atoms. The fourth-order valence-electron chi connectivity index (χ4n) is 3.59. The monoisotopic (exact) mass is 412 g/mol. The van der Waals surface area contributed by atoms with Gasteiger partial charge in [0, 0.05) is 29.9 Å². The molecule has 29 heavy (non-hydrogen) atoms. The normalized spacial score (nSPS) is 14.8. The molecule has 1 amide bonds. The number of carbonyl (C=O) groups excluding carboxylic acids is 1. The predicted octanol–water partition coefficient (Wildman–Crippen LogP) is 4.75. The molecule has 0 unspecified atom stereocenters. The minimum atomic E-state index is -0.203. The second-order valence-electron chi connectivity index (χ2n) is 7.44. The molecule has 4 rings (SSSR count). The van der Waals surface area contributed by atoms with Gasteiger partial charge in [0.15, 0.2) is 0 Å². The third-order valence-electron chi connectivity index (χ3n) is 5.28. The fraction of sp³-hybridized carbons (Fsp3) is 0.364. The van der Waals surface area contributed by atoms with Crippen LogP contribution in [0.15, 0.2) is 41.0 Å². The summed E-state index contributed by atoms with van der Waals surface area (Å²) in [7, 11) is 0. The van der Waals surface area contributed by atoms with Gasteiger partial charge < -0.3 is 20.0 Å². The maximum atomic E-state index is 12.7. The second kappa shape index (κ2) is 8.84. The average Bonchev–Trinajstić information content (AvgIpc) is 3.20. The summed E-state index contributed by atoms with van der Waals surface area (Å²) in [6.07, 6.45) is 5.38. The molecule has 0 aliphatic carbocycles. The lowest BCUT2D eigenvalue weighted by molar-refractivity contribution is 0.0942. The summed E-state index contributed by atoms with van der Waals surface area (Å²) in [5, 5.41) is 7.72. The van der Waals surface area contributed by atoms with Crippen LogP contribution in [0.1, 0.15) is 35.3 Å². The van der Waals surface area contributed by atoms with Crippen LogP contribution in [0, 0.1) is 6.92 Å². The van der Waals surface area contributed by atoms with Crippen molar-refractivity contribution in [3.63, 3.8) is 0 Å². The lowest BCUT2D eigenvalue weighted by atomic mass is 10.1. The van der Waals surface area contributed by atoms with Crippen molar-refractivity contribution in [1.29, 1.82) is 0 Å². The quantitative estimate of drug-likeness (QED) is 0.611. The van der Waals surface area contributed by atoms with Gasteiger partial charge in [-0.3, -0.25) is 4.79 Å². The van der Waals surface area contributed by atoms with Gasteiger partial charge in [-0.2, -0.15) is 0 Å². The van der Waals surface area contributed by atoms with Crippen LogP contribution >= 0.6 is 11.6 Å². The molecule has 1 fully saturated rings. The Morgan fingerprint density at radius 2 is 2.03 bits per heavy atom. The summed E-state index contributed by atoms with van der Waals surface area (Å²) >= 11 is 6.23. The Balaban J connectivity index is 1.49. The number of piperidine rings is 1. The number of benzene rings is 1. The van der Waals surface area contributed by atoms with Crippen LogP contribution in [0.3, 0.4) is 0 Å². The van der Waals surface area contributed by atoms with E-state index in [0.717, 1.165) is 36.3 Å². The molecule has 3 heterocycles. The highest BCUT2D eigenvalue weighted by Gasteiger charge is 2.15. The van der Waals surface area contributed by atoms with Crippen LogP contribution in [0.25, 0.3) is 11.0 Å². The van der Waals surface area contributed by atoms with E-state index in [1.807, 2.05) is 31.2 Å². The molecule has 0 spiro atoms. The van der Waals surface area contributed by atoms with Gasteiger partial charge in [-0.15, -0.1) is 0 Å². The number of aryl methyl sites for hydroxylation is 1. The number of nitrogens with zero attached hydrogens (tertiary/aromatic N) is 2. The Labute approximate surface area is 175 Å². The van der Waals surface area contributed by atoms with Gasteiger partial charge in [-0.1, -0.05) is 24.1 Å². The third-order valence-corrected chi connectivity index (χ3v) is 5.69. The van der Waals surface area contributed by atoms with Crippen molar-refractivity contribution in [1.82, 2.24) is 15.2 Å². The van der Waals surface area contributed by atoms with E-state index >= 15 is 0 Å². The van der Waals surface area contributed by atoms with Crippen LogP contribution in [0.4, 0.5) is 11.5 Å². The summed E-state index contributed by atoms with van der Waals surface area (Å²) in [4.78, 5) is 19.6. The minimum Gasteiger partial charge on any atom is -0.464 e. The van der Waals surface area contributed by atoms with Gasteiger partial charge >= 0.3 is 0 Å². The molecule has 2 N–H and O–H groups in total. The zero-order valence-corrected chi connectivity index (χ0v) is 17.3. The number of hydrogen-bond donors (Lipinski definition) is 2. The van der Waals surface area contributed by atoms with Gasteiger partial charge in [0.2, 0.25) is 0 Å². The first-order valence-electron chi connectivity index (χ1n) is 10.0. The van der Waals surface area contributed by atoms with Crippen LogP contribution in [0.5, 0.6) is 0 Å². The largest absolute Gasteiger partial charge is 0.464 e. The molecule has 0 atom stereocenters. The summed E-state index contributed by atoms with van der Waals surface area (Å²) in [5.41, 5.74) is 2.74. The molecule has 152 valence electrons. The molecule has 6 nitrogen and oxygen atoms in total. The van der Waals surface area contributed by atoms with Crippen molar-refractivity contribution in [3.05, 3.63) is 52.9 Å². The van der Waals surface area contributed by atoms with Crippen molar-refractivity contribution < 1.29 is 9.21 Å². The molecule has 0 radical (unpaired) electrons. The molecule has 3 aromatic rings. The number of carbonyl (C=O) groups is 1. The second-order valence-corrected chi connectivity index (χ2v) is 7.84. The number of anilines is 2. The lowest BCUT2D eigenvalue weighted by Crippen LogP contribution is -2.37. The SMILES string of the molecule is Cc1ccc(Nc2nc(C(=O)NCCN3CCCCC3)cc3occc23)cc1Cl. The number of fused-ring (bicyclic) bond motifs is 1. The molecular formula is C22H25ClN4O2. The first-order chi connectivity index (χ1) is 14.1. The number of furan rings is 1. The maximum Gasteiger partial charge on any atom is 0.270 e. The van der Waals surface area contributed by atoms with Gasteiger partial charge in [0.25, 0.3) is 5.91 Å². The van der Waals surface area contributed by atoms with Crippen LogP contribution < -0.4 is 10.6 Å². The molecule has 0 saturated carbocycles. The van der Waals surface area contributed by atoms with E-state index < -0.39 is 0 Å². The Morgan fingerprint density at radius 1 is 1.21 bits per heavy atom. The number of rotatable bonds is 6. The van der Waals surface area contributed by atoms with Gasteiger partial charge in [0.1, 0.15) is 17.1 Å². The van der Waals surface area contributed by atoms with Crippen LogP contribution in [-0.4, -0.2) is 42.0 Å². The van der Waals surface area contributed by atoms with Gasteiger partial charge in [-0.05, 0) is 56.6 Å². The van der Waals surface area contributed by atoms with E-state index in [0.29, 0.717) is 28.7 Å². The average molecular weight is 413 g/mol. The zero-order chi connectivity index (χ0) is 20.2. The Morgan fingerprint density at radius 3 is 2.83 bits per heavy atom.